The van der Waals surface area contributed by atoms with Crippen molar-refractivity contribution in [2.75, 3.05) is 0 Å². The Bertz CT molecular complexity index is 1290. The van der Waals surface area contributed by atoms with Gasteiger partial charge in [-0.2, -0.15) is 0 Å². The van der Waals surface area contributed by atoms with E-state index in [2.05, 4.69) is 0 Å². The molecule has 0 saturated carbocycles. The highest BCUT2D eigenvalue weighted by molar-refractivity contribution is 6.13. The fourth-order valence-corrected chi connectivity index (χ4v) is 3.68. The molecule has 3 heterocycles. The molecule has 0 aliphatic carbocycles. The van der Waals surface area contributed by atoms with Crippen LogP contribution in [-0.2, 0) is 0 Å². The molecule has 7 heteroatoms. The van der Waals surface area contributed by atoms with Crippen LogP contribution >= 0.6 is 0 Å². The number of hydrogen-bond acceptors (Lipinski definition) is 7. The zero-order valence-corrected chi connectivity index (χ0v) is 14.5. The van der Waals surface area contributed by atoms with Crippen molar-refractivity contribution < 1.29 is 28.9 Å². The van der Waals surface area contributed by atoms with Gasteiger partial charge in [-0.15, -0.1) is 0 Å². The van der Waals surface area contributed by atoms with Crippen molar-refractivity contribution in [3.63, 3.8) is 0 Å². The smallest absolute Gasteiger partial charge is 0.348 e. The second-order valence-electron chi connectivity index (χ2n) is 7.36. The SMILES string of the molecule is CC1(C)Oc2cc3oc(=O)c4c5ccc(O)cc5oc4c3cc2C(O)C1O. The van der Waals surface area contributed by atoms with E-state index >= 15 is 0 Å². The van der Waals surface area contributed by atoms with E-state index < -0.39 is 23.4 Å². The Hall–Kier alpha value is -3.03. The Labute approximate surface area is 152 Å². The molecular formula is C20H16O7. The van der Waals surface area contributed by atoms with Crippen molar-refractivity contribution >= 4 is 32.9 Å². The number of rotatable bonds is 0. The van der Waals surface area contributed by atoms with Gasteiger partial charge in [0, 0.05) is 23.1 Å². The minimum absolute atomic E-state index is 0.0156. The monoisotopic (exact) mass is 368 g/mol. The van der Waals surface area contributed by atoms with Crippen molar-refractivity contribution in [2.24, 2.45) is 0 Å². The van der Waals surface area contributed by atoms with E-state index in [0.717, 1.165) is 0 Å². The van der Waals surface area contributed by atoms with E-state index in [-0.39, 0.29) is 22.3 Å². The number of aromatic hydroxyl groups is 1. The summed E-state index contributed by atoms with van der Waals surface area (Å²) in [6, 6.07) is 7.59. The number of aliphatic hydroxyl groups excluding tert-OH is 2. The van der Waals surface area contributed by atoms with Gasteiger partial charge in [0.25, 0.3) is 0 Å². The van der Waals surface area contributed by atoms with Crippen LogP contribution in [0.4, 0.5) is 0 Å². The van der Waals surface area contributed by atoms with Crippen LogP contribution in [0.5, 0.6) is 11.5 Å². The number of furan rings is 1. The molecule has 4 aromatic rings. The van der Waals surface area contributed by atoms with E-state index in [1.807, 2.05) is 0 Å². The average Bonchev–Trinajstić information content (AvgIpc) is 2.98. The molecule has 2 atom stereocenters. The molecular weight excluding hydrogens is 352 g/mol. The van der Waals surface area contributed by atoms with Gasteiger partial charge in [0.2, 0.25) is 0 Å². The number of fused-ring (bicyclic) bond motifs is 6. The molecule has 0 radical (unpaired) electrons. The van der Waals surface area contributed by atoms with Crippen LogP contribution in [0.2, 0.25) is 0 Å². The van der Waals surface area contributed by atoms with Crippen LogP contribution in [0.1, 0.15) is 25.5 Å². The van der Waals surface area contributed by atoms with Gasteiger partial charge in [0.05, 0.1) is 5.39 Å². The lowest BCUT2D eigenvalue weighted by molar-refractivity contribution is -0.111. The second kappa shape index (κ2) is 5.03. The molecule has 0 spiro atoms. The maximum Gasteiger partial charge on any atom is 0.348 e. The molecule has 138 valence electrons. The molecule has 2 aromatic carbocycles. The molecule has 0 fully saturated rings. The summed E-state index contributed by atoms with van der Waals surface area (Å²) >= 11 is 0. The molecule has 2 aromatic heterocycles. The number of aliphatic hydroxyl groups is 2. The van der Waals surface area contributed by atoms with Crippen LogP contribution < -0.4 is 10.4 Å². The standard InChI is InChI=1S/C20H16O7/c1-20(2)18(23)16(22)10-6-11-13(7-14(10)27-20)26-19(24)15-9-4-3-8(21)5-12(9)25-17(11)15/h3-7,16,18,21-23H,1-2H3. The Morgan fingerprint density at radius 3 is 2.52 bits per heavy atom. The van der Waals surface area contributed by atoms with Crippen LogP contribution in [0.25, 0.3) is 32.9 Å². The summed E-state index contributed by atoms with van der Waals surface area (Å²) < 4.78 is 17.1. The predicted molar refractivity (Wildman–Crippen MR) is 97.1 cm³/mol. The maximum absolute atomic E-state index is 12.5. The first-order valence-corrected chi connectivity index (χ1v) is 8.47. The van der Waals surface area contributed by atoms with Crippen molar-refractivity contribution in [3.05, 3.63) is 46.3 Å². The van der Waals surface area contributed by atoms with Gasteiger partial charge < -0.3 is 28.9 Å². The molecule has 0 amide bonds. The van der Waals surface area contributed by atoms with E-state index in [0.29, 0.717) is 27.7 Å². The van der Waals surface area contributed by atoms with Gasteiger partial charge in [-0.3, -0.25) is 0 Å². The Morgan fingerprint density at radius 1 is 1.00 bits per heavy atom. The maximum atomic E-state index is 12.5. The zero-order valence-electron chi connectivity index (χ0n) is 14.5. The summed E-state index contributed by atoms with van der Waals surface area (Å²) in [6.07, 6.45) is -2.29. The lowest BCUT2D eigenvalue weighted by Crippen LogP contribution is -2.48. The third-order valence-corrected chi connectivity index (χ3v) is 5.14. The predicted octanol–water partition coefficient (Wildman–Crippen LogP) is 2.96. The Morgan fingerprint density at radius 2 is 1.74 bits per heavy atom. The summed E-state index contributed by atoms with van der Waals surface area (Å²) in [5.74, 6) is 0.350. The van der Waals surface area contributed by atoms with Gasteiger partial charge in [-0.25, -0.2) is 4.79 Å². The highest BCUT2D eigenvalue weighted by atomic mass is 16.5. The normalized spacial score (nSPS) is 21.5. The fraction of sp³-hybridized carbons (Fsp3) is 0.250. The average molecular weight is 368 g/mol. The van der Waals surface area contributed by atoms with Crippen LogP contribution in [-0.4, -0.2) is 27.0 Å². The van der Waals surface area contributed by atoms with Crippen molar-refractivity contribution in [3.8, 4) is 11.5 Å². The van der Waals surface area contributed by atoms with Gasteiger partial charge in [-0.1, -0.05) is 0 Å². The lowest BCUT2D eigenvalue weighted by atomic mass is 9.88. The summed E-state index contributed by atoms with van der Waals surface area (Å²) in [4.78, 5) is 12.5. The van der Waals surface area contributed by atoms with Crippen molar-refractivity contribution in [2.45, 2.75) is 31.7 Å². The highest BCUT2D eigenvalue weighted by Crippen LogP contribution is 2.43. The van der Waals surface area contributed by atoms with Gasteiger partial charge >= 0.3 is 5.63 Å². The summed E-state index contributed by atoms with van der Waals surface area (Å²) in [7, 11) is 0. The van der Waals surface area contributed by atoms with Crippen molar-refractivity contribution in [1.29, 1.82) is 0 Å². The van der Waals surface area contributed by atoms with Gasteiger partial charge in [0.15, 0.2) is 5.58 Å². The summed E-state index contributed by atoms with van der Waals surface area (Å²) in [5, 5.41) is 31.8. The quantitative estimate of drug-likeness (QED) is 0.409. The van der Waals surface area contributed by atoms with E-state index in [1.54, 1.807) is 26.0 Å². The minimum Gasteiger partial charge on any atom is -0.508 e. The fourth-order valence-electron chi connectivity index (χ4n) is 3.68. The molecule has 0 bridgehead atoms. The first-order chi connectivity index (χ1) is 12.8. The Balaban J connectivity index is 1.89. The third kappa shape index (κ3) is 2.12. The topological polar surface area (TPSA) is 113 Å². The van der Waals surface area contributed by atoms with Gasteiger partial charge in [0.1, 0.15) is 45.9 Å². The molecule has 27 heavy (non-hydrogen) atoms. The zero-order chi connectivity index (χ0) is 19.1. The van der Waals surface area contributed by atoms with Crippen LogP contribution in [0, 0.1) is 0 Å². The van der Waals surface area contributed by atoms with E-state index in [4.69, 9.17) is 13.6 Å². The molecule has 1 aliphatic rings. The summed E-state index contributed by atoms with van der Waals surface area (Å²) in [5.41, 5.74) is -0.308. The van der Waals surface area contributed by atoms with Crippen LogP contribution in [0.3, 0.4) is 0 Å². The second-order valence-corrected chi connectivity index (χ2v) is 7.36. The van der Waals surface area contributed by atoms with E-state index in [9.17, 15) is 20.1 Å². The molecule has 1 aliphatic heterocycles. The summed E-state index contributed by atoms with van der Waals surface area (Å²) in [6.45, 7) is 3.33. The molecule has 3 N–H and O–H groups in total. The lowest BCUT2D eigenvalue weighted by Gasteiger charge is -2.40. The number of benzene rings is 2. The molecule has 2 unspecified atom stereocenters. The third-order valence-electron chi connectivity index (χ3n) is 5.14. The first-order valence-electron chi connectivity index (χ1n) is 8.47. The number of phenolic OH excluding ortho intramolecular Hbond substituents is 1. The van der Waals surface area contributed by atoms with E-state index in [1.165, 1.54) is 18.2 Å². The highest BCUT2D eigenvalue weighted by Gasteiger charge is 2.42. The molecule has 5 rings (SSSR count). The largest absolute Gasteiger partial charge is 0.508 e. The number of phenols is 1. The van der Waals surface area contributed by atoms with Crippen molar-refractivity contribution in [1.82, 2.24) is 0 Å². The van der Waals surface area contributed by atoms with Gasteiger partial charge in [-0.05, 0) is 32.0 Å². The molecule has 0 saturated heterocycles. The molecule has 7 nitrogen and oxygen atoms in total. The number of ether oxygens (including phenoxy) is 1. The minimum atomic E-state index is -1.16. The number of hydrogen-bond donors (Lipinski definition) is 3. The van der Waals surface area contributed by atoms with Crippen LogP contribution in [0.15, 0.2) is 44.0 Å². The first kappa shape index (κ1) is 16.2. The Kier molecular flexibility index (Phi) is 3.01.